The van der Waals surface area contributed by atoms with Crippen LogP contribution in [-0.2, 0) is 12.8 Å². The Balaban J connectivity index is 1.96. The molecule has 3 nitrogen and oxygen atoms in total. The average molecular weight is 261 g/mol. The first kappa shape index (κ1) is 13.2. The van der Waals surface area contributed by atoms with Crippen LogP contribution in [0.3, 0.4) is 0 Å². The summed E-state index contributed by atoms with van der Waals surface area (Å²) in [5, 5.41) is 13.8. The molecule has 0 saturated heterocycles. The van der Waals surface area contributed by atoms with E-state index in [0.717, 1.165) is 22.9 Å². The molecule has 0 saturated carbocycles. The molecule has 0 bridgehead atoms. The second kappa shape index (κ2) is 6.07. The van der Waals surface area contributed by atoms with E-state index in [-0.39, 0.29) is 6.04 Å². The zero-order valence-corrected chi connectivity index (χ0v) is 11.9. The fraction of sp³-hybridized carbons (Fsp3) is 0.429. The van der Waals surface area contributed by atoms with E-state index >= 15 is 0 Å². The molecular weight excluding hydrogens is 242 g/mol. The van der Waals surface area contributed by atoms with Gasteiger partial charge < -0.3 is 5.32 Å². The second-order valence-corrected chi connectivity index (χ2v) is 5.63. The second-order valence-electron chi connectivity index (χ2n) is 4.53. The fourth-order valence-electron chi connectivity index (χ4n) is 1.78. The maximum atomic E-state index is 4.25. The lowest BCUT2D eigenvalue weighted by molar-refractivity contribution is 0.639. The zero-order valence-electron chi connectivity index (χ0n) is 11.1. The van der Waals surface area contributed by atoms with Crippen molar-refractivity contribution in [3.05, 3.63) is 45.4 Å². The third-order valence-electron chi connectivity index (χ3n) is 3.00. The Bertz CT molecular complexity index is 507. The molecule has 18 heavy (non-hydrogen) atoms. The summed E-state index contributed by atoms with van der Waals surface area (Å²) >= 11 is 1.70. The van der Waals surface area contributed by atoms with Gasteiger partial charge in [0.15, 0.2) is 0 Å². The van der Waals surface area contributed by atoms with Crippen LogP contribution in [0.5, 0.6) is 0 Å². The molecule has 0 aliphatic rings. The van der Waals surface area contributed by atoms with Gasteiger partial charge in [-0.15, -0.1) is 10.2 Å². The van der Waals surface area contributed by atoms with Gasteiger partial charge in [0, 0.05) is 6.42 Å². The van der Waals surface area contributed by atoms with Crippen molar-refractivity contribution in [1.29, 1.82) is 0 Å². The van der Waals surface area contributed by atoms with Crippen molar-refractivity contribution in [2.75, 3.05) is 7.05 Å². The molecule has 1 heterocycles. The Labute approximate surface area is 112 Å². The molecule has 0 aliphatic carbocycles. The number of aryl methyl sites for hydroxylation is 3. The van der Waals surface area contributed by atoms with Gasteiger partial charge in [-0.2, -0.15) is 0 Å². The summed E-state index contributed by atoms with van der Waals surface area (Å²) in [6, 6.07) is 8.93. The van der Waals surface area contributed by atoms with E-state index in [2.05, 4.69) is 53.6 Å². The first-order valence-electron chi connectivity index (χ1n) is 6.24. The topological polar surface area (TPSA) is 37.8 Å². The number of hydrogen-bond donors (Lipinski definition) is 1. The van der Waals surface area contributed by atoms with Crippen molar-refractivity contribution in [2.45, 2.75) is 32.7 Å². The summed E-state index contributed by atoms with van der Waals surface area (Å²) in [5.41, 5.74) is 2.68. The minimum absolute atomic E-state index is 0.287. The Kier molecular flexibility index (Phi) is 4.44. The summed E-state index contributed by atoms with van der Waals surface area (Å²) in [4.78, 5) is 0. The standard InChI is InChI=1S/C14H19N3S/c1-10-5-4-6-12(9-10)7-8-13-16-17-14(18-13)11(2)15-3/h4-6,9,11,15H,7-8H2,1-3H3. The molecule has 0 fully saturated rings. The van der Waals surface area contributed by atoms with Gasteiger partial charge >= 0.3 is 0 Å². The fourth-order valence-corrected chi connectivity index (χ4v) is 2.69. The molecule has 1 aromatic carbocycles. The molecule has 1 aromatic heterocycles. The van der Waals surface area contributed by atoms with Crippen LogP contribution in [0.4, 0.5) is 0 Å². The molecular formula is C14H19N3S. The molecule has 1 N–H and O–H groups in total. The van der Waals surface area contributed by atoms with E-state index in [9.17, 15) is 0 Å². The van der Waals surface area contributed by atoms with Gasteiger partial charge in [-0.25, -0.2) is 0 Å². The minimum atomic E-state index is 0.287. The van der Waals surface area contributed by atoms with E-state index in [0.29, 0.717) is 0 Å². The highest BCUT2D eigenvalue weighted by molar-refractivity contribution is 7.11. The number of nitrogens with zero attached hydrogens (tertiary/aromatic N) is 2. The van der Waals surface area contributed by atoms with Gasteiger partial charge in [-0.3, -0.25) is 0 Å². The van der Waals surface area contributed by atoms with Crippen LogP contribution >= 0.6 is 11.3 Å². The predicted molar refractivity (Wildman–Crippen MR) is 76.0 cm³/mol. The molecule has 1 unspecified atom stereocenters. The molecule has 0 spiro atoms. The monoisotopic (exact) mass is 261 g/mol. The highest BCUT2D eigenvalue weighted by Crippen LogP contribution is 2.18. The Hall–Kier alpha value is -1.26. The van der Waals surface area contributed by atoms with Gasteiger partial charge in [-0.05, 0) is 32.9 Å². The van der Waals surface area contributed by atoms with E-state index in [4.69, 9.17) is 0 Å². The van der Waals surface area contributed by atoms with Crippen LogP contribution in [-0.4, -0.2) is 17.2 Å². The van der Waals surface area contributed by atoms with Crippen molar-refractivity contribution in [2.24, 2.45) is 0 Å². The lowest BCUT2D eigenvalue weighted by Crippen LogP contribution is -2.11. The quantitative estimate of drug-likeness (QED) is 0.899. The maximum absolute atomic E-state index is 4.25. The number of benzene rings is 1. The highest BCUT2D eigenvalue weighted by atomic mass is 32.1. The van der Waals surface area contributed by atoms with Crippen molar-refractivity contribution in [3.8, 4) is 0 Å². The van der Waals surface area contributed by atoms with Gasteiger partial charge in [0.1, 0.15) is 10.0 Å². The normalized spacial score (nSPS) is 12.6. The Morgan fingerprint density at radius 1 is 1.28 bits per heavy atom. The van der Waals surface area contributed by atoms with E-state index < -0.39 is 0 Å². The predicted octanol–water partition coefficient (Wildman–Crippen LogP) is 2.91. The summed E-state index contributed by atoms with van der Waals surface area (Å²) in [6.45, 7) is 4.23. The Morgan fingerprint density at radius 2 is 2.11 bits per heavy atom. The van der Waals surface area contributed by atoms with Crippen LogP contribution < -0.4 is 5.32 Å². The van der Waals surface area contributed by atoms with Crippen molar-refractivity contribution in [3.63, 3.8) is 0 Å². The minimum Gasteiger partial charge on any atom is -0.311 e. The van der Waals surface area contributed by atoms with Gasteiger partial charge in [0.25, 0.3) is 0 Å². The largest absolute Gasteiger partial charge is 0.311 e. The number of rotatable bonds is 5. The summed E-state index contributed by atoms with van der Waals surface area (Å²) < 4.78 is 0. The molecule has 96 valence electrons. The maximum Gasteiger partial charge on any atom is 0.134 e. The van der Waals surface area contributed by atoms with Crippen LogP contribution in [0.25, 0.3) is 0 Å². The summed E-state index contributed by atoms with van der Waals surface area (Å²) in [7, 11) is 1.94. The molecule has 0 radical (unpaired) electrons. The third-order valence-corrected chi connectivity index (χ3v) is 4.16. The van der Waals surface area contributed by atoms with E-state index in [1.807, 2.05) is 7.05 Å². The van der Waals surface area contributed by atoms with E-state index in [1.54, 1.807) is 11.3 Å². The third kappa shape index (κ3) is 3.37. The molecule has 2 rings (SSSR count). The van der Waals surface area contributed by atoms with Crippen LogP contribution in [0.1, 0.15) is 34.1 Å². The van der Waals surface area contributed by atoms with E-state index in [1.165, 1.54) is 11.1 Å². The van der Waals surface area contributed by atoms with Gasteiger partial charge in [0.2, 0.25) is 0 Å². The molecule has 0 amide bonds. The smallest absolute Gasteiger partial charge is 0.134 e. The number of aromatic nitrogens is 2. The lowest BCUT2D eigenvalue weighted by atomic mass is 10.1. The molecule has 0 aliphatic heterocycles. The van der Waals surface area contributed by atoms with Crippen LogP contribution in [0.15, 0.2) is 24.3 Å². The summed E-state index contributed by atoms with van der Waals surface area (Å²) in [5.74, 6) is 0. The summed E-state index contributed by atoms with van der Waals surface area (Å²) in [6.07, 6.45) is 2.00. The van der Waals surface area contributed by atoms with Crippen LogP contribution in [0, 0.1) is 6.92 Å². The SMILES string of the molecule is CNC(C)c1nnc(CCc2cccc(C)c2)s1. The zero-order chi connectivity index (χ0) is 13.0. The number of hydrogen-bond acceptors (Lipinski definition) is 4. The average Bonchev–Trinajstić information content (AvgIpc) is 2.84. The van der Waals surface area contributed by atoms with Crippen molar-refractivity contribution in [1.82, 2.24) is 15.5 Å². The van der Waals surface area contributed by atoms with Crippen molar-refractivity contribution >= 4 is 11.3 Å². The molecule has 1 atom stereocenters. The van der Waals surface area contributed by atoms with Crippen LogP contribution in [0.2, 0.25) is 0 Å². The molecule has 2 aromatic rings. The molecule has 4 heteroatoms. The van der Waals surface area contributed by atoms with Gasteiger partial charge in [-0.1, -0.05) is 41.2 Å². The highest BCUT2D eigenvalue weighted by Gasteiger charge is 2.09. The first-order valence-corrected chi connectivity index (χ1v) is 7.06. The number of nitrogens with one attached hydrogen (secondary N) is 1. The Morgan fingerprint density at radius 3 is 2.83 bits per heavy atom. The van der Waals surface area contributed by atoms with Crippen molar-refractivity contribution < 1.29 is 0 Å². The van der Waals surface area contributed by atoms with Gasteiger partial charge in [0.05, 0.1) is 6.04 Å². The first-order chi connectivity index (χ1) is 8.69. The lowest BCUT2D eigenvalue weighted by Gasteiger charge is -2.03.